The van der Waals surface area contributed by atoms with Gasteiger partial charge in [0.1, 0.15) is 5.82 Å². The average molecular weight is 368 g/mol. The van der Waals surface area contributed by atoms with Crippen LogP contribution in [0.1, 0.15) is 30.1 Å². The molecule has 0 spiro atoms. The predicted molar refractivity (Wildman–Crippen MR) is 92.6 cm³/mol. The maximum atomic E-state index is 13.9. The third-order valence-corrected chi connectivity index (χ3v) is 4.40. The third kappa shape index (κ3) is 5.59. The number of methoxy groups -OCH3 is 1. The fourth-order valence-electron chi connectivity index (χ4n) is 3.28. The van der Waals surface area contributed by atoms with Crippen molar-refractivity contribution in [1.82, 2.24) is 10.2 Å². The number of nitrogens with zero attached hydrogens (tertiary/aromatic N) is 1. The second kappa shape index (κ2) is 9.38. The first kappa shape index (κ1) is 20.0. The van der Waals surface area contributed by atoms with Crippen LogP contribution in [0, 0.1) is 18.7 Å². The van der Waals surface area contributed by atoms with Gasteiger partial charge in [0.05, 0.1) is 19.8 Å². The van der Waals surface area contributed by atoms with Crippen molar-refractivity contribution in [2.75, 3.05) is 33.4 Å². The number of aryl methyl sites for hydroxylation is 1. The van der Waals surface area contributed by atoms with Crippen molar-refractivity contribution < 1.29 is 28.6 Å². The highest BCUT2D eigenvalue weighted by Crippen LogP contribution is 2.33. The Morgan fingerprint density at radius 3 is 2.85 bits per heavy atom. The monoisotopic (exact) mass is 368 g/mol. The molecule has 0 aliphatic carbocycles. The number of hydrogen-bond acceptors (Lipinski definition) is 4. The van der Waals surface area contributed by atoms with E-state index in [1.165, 1.54) is 24.1 Å². The number of likely N-dealkylation sites (tertiary alicyclic amines) is 1. The Bertz CT molecular complexity index is 620. The molecule has 1 saturated heterocycles. The Morgan fingerprint density at radius 2 is 2.19 bits per heavy atom. The molecule has 2 N–H and O–H groups in total. The summed E-state index contributed by atoms with van der Waals surface area (Å²) >= 11 is 0. The topological polar surface area (TPSA) is 88.1 Å². The van der Waals surface area contributed by atoms with Crippen molar-refractivity contribution in [2.45, 2.75) is 25.9 Å². The van der Waals surface area contributed by atoms with Gasteiger partial charge in [-0.15, -0.1) is 0 Å². The van der Waals surface area contributed by atoms with Gasteiger partial charge in [0.2, 0.25) is 0 Å². The van der Waals surface area contributed by atoms with Crippen molar-refractivity contribution in [1.29, 1.82) is 0 Å². The van der Waals surface area contributed by atoms with Crippen LogP contribution in [0.3, 0.4) is 0 Å². The van der Waals surface area contributed by atoms with Gasteiger partial charge in [0, 0.05) is 25.6 Å². The fourth-order valence-corrected chi connectivity index (χ4v) is 3.28. The van der Waals surface area contributed by atoms with E-state index in [0.717, 1.165) is 18.4 Å². The number of benzene rings is 1. The van der Waals surface area contributed by atoms with Crippen molar-refractivity contribution in [2.24, 2.45) is 5.92 Å². The van der Waals surface area contributed by atoms with Crippen LogP contribution in [-0.2, 0) is 9.47 Å². The van der Waals surface area contributed by atoms with Crippen molar-refractivity contribution in [3.63, 3.8) is 0 Å². The Hall–Kier alpha value is -2.35. The summed E-state index contributed by atoms with van der Waals surface area (Å²) < 4.78 is 24.3. The number of nitrogens with one attached hydrogen (secondary N) is 1. The van der Waals surface area contributed by atoms with Crippen molar-refractivity contribution >= 4 is 12.2 Å². The Balaban J connectivity index is 2.12. The van der Waals surface area contributed by atoms with Gasteiger partial charge in [0.15, 0.2) is 0 Å². The standard InChI is InChI=1S/C18H25FN2O5/c1-12-8-14(10-15(19)9-12)16(26-7-5-20-17(22)25-2)13-4-3-6-21(11-13)18(23)24/h8-10,13,16H,3-7,11H2,1-2H3,(H,20,22)(H,23,24). The molecule has 8 heteroatoms. The summed E-state index contributed by atoms with van der Waals surface area (Å²) in [5.74, 6) is -0.439. The highest BCUT2D eigenvalue weighted by molar-refractivity contribution is 5.66. The number of hydrogen-bond donors (Lipinski definition) is 2. The first-order valence-corrected chi connectivity index (χ1v) is 8.59. The molecule has 2 unspecified atom stereocenters. The van der Waals surface area contributed by atoms with Gasteiger partial charge in [0.25, 0.3) is 0 Å². The number of piperidine rings is 1. The average Bonchev–Trinajstić information content (AvgIpc) is 2.60. The fraction of sp³-hybridized carbons (Fsp3) is 0.556. The Labute approximate surface area is 152 Å². The molecule has 2 rings (SSSR count). The van der Waals surface area contributed by atoms with Crippen LogP contribution in [0.25, 0.3) is 0 Å². The first-order valence-electron chi connectivity index (χ1n) is 8.59. The molecule has 1 aliphatic heterocycles. The molecule has 144 valence electrons. The maximum Gasteiger partial charge on any atom is 0.407 e. The summed E-state index contributed by atoms with van der Waals surface area (Å²) in [7, 11) is 1.27. The molecule has 0 aromatic heterocycles. The zero-order valence-electron chi connectivity index (χ0n) is 15.0. The van der Waals surface area contributed by atoms with Crippen LogP contribution < -0.4 is 5.32 Å². The van der Waals surface area contributed by atoms with E-state index in [0.29, 0.717) is 18.7 Å². The molecule has 1 fully saturated rings. The molecular weight excluding hydrogens is 343 g/mol. The van der Waals surface area contributed by atoms with E-state index in [2.05, 4.69) is 10.1 Å². The zero-order chi connectivity index (χ0) is 19.1. The minimum Gasteiger partial charge on any atom is -0.465 e. The molecule has 1 aromatic rings. The third-order valence-electron chi connectivity index (χ3n) is 4.40. The van der Waals surface area contributed by atoms with Gasteiger partial charge in [-0.05, 0) is 43.0 Å². The van der Waals surface area contributed by atoms with Crippen LogP contribution >= 0.6 is 0 Å². The summed E-state index contributed by atoms with van der Waals surface area (Å²) in [5.41, 5.74) is 1.45. The molecule has 0 saturated carbocycles. The molecule has 0 radical (unpaired) electrons. The summed E-state index contributed by atoms with van der Waals surface area (Å²) in [6.07, 6.45) is -0.455. The predicted octanol–water partition coefficient (Wildman–Crippen LogP) is 2.94. The van der Waals surface area contributed by atoms with E-state index in [-0.39, 0.29) is 24.9 Å². The van der Waals surface area contributed by atoms with Crippen LogP contribution in [-0.4, -0.2) is 55.5 Å². The molecular formula is C18H25FN2O5. The lowest BCUT2D eigenvalue weighted by Crippen LogP contribution is -2.41. The van der Waals surface area contributed by atoms with Gasteiger partial charge in [-0.25, -0.2) is 14.0 Å². The summed E-state index contributed by atoms with van der Waals surface area (Å²) in [6, 6.07) is 4.70. The number of carbonyl (C=O) groups is 2. The first-order chi connectivity index (χ1) is 12.4. The number of halogens is 1. The van der Waals surface area contributed by atoms with Gasteiger partial charge in [-0.1, -0.05) is 6.07 Å². The molecule has 1 heterocycles. The summed E-state index contributed by atoms with van der Waals surface area (Å²) in [4.78, 5) is 23.8. The zero-order valence-corrected chi connectivity index (χ0v) is 15.0. The second-order valence-corrected chi connectivity index (χ2v) is 6.40. The van der Waals surface area contributed by atoms with E-state index in [1.54, 1.807) is 6.92 Å². The van der Waals surface area contributed by atoms with Crippen LogP contribution in [0.5, 0.6) is 0 Å². The lowest BCUT2D eigenvalue weighted by molar-refractivity contribution is -0.0118. The quantitative estimate of drug-likeness (QED) is 0.754. The maximum absolute atomic E-state index is 13.9. The molecule has 26 heavy (non-hydrogen) atoms. The molecule has 0 bridgehead atoms. The van der Waals surface area contributed by atoms with Gasteiger partial charge in [-0.3, -0.25) is 0 Å². The number of amides is 2. The van der Waals surface area contributed by atoms with Gasteiger partial charge >= 0.3 is 12.2 Å². The number of carbonyl (C=O) groups excluding carboxylic acids is 1. The van der Waals surface area contributed by atoms with Crippen LogP contribution in [0.15, 0.2) is 18.2 Å². The molecule has 1 aliphatic rings. The van der Waals surface area contributed by atoms with E-state index >= 15 is 0 Å². The largest absolute Gasteiger partial charge is 0.465 e. The number of carboxylic acid groups (broad SMARTS) is 1. The molecule has 7 nitrogen and oxygen atoms in total. The Morgan fingerprint density at radius 1 is 1.42 bits per heavy atom. The smallest absolute Gasteiger partial charge is 0.407 e. The Kier molecular flexibility index (Phi) is 7.20. The highest BCUT2D eigenvalue weighted by Gasteiger charge is 2.31. The molecule has 2 atom stereocenters. The van der Waals surface area contributed by atoms with Crippen LogP contribution in [0.4, 0.5) is 14.0 Å². The van der Waals surface area contributed by atoms with Crippen molar-refractivity contribution in [3.8, 4) is 0 Å². The number of alkyl carbamates (subject to hydrolysis) is 1. The SMILES string of the molecule is COC(=O)NCCOC(c1cc(C)cc(F)c1)C1CCCN(C(=O)O)C1. The normalized spacial score (nSPS) is 18.3. The van der Waals surface area contributed by atoms with E-state index in [4.69, 9.17) is 4.74 Å². The highest BCUT2D eigenvalue weighted by atomic mass is 19.1. The second-order valence-electron chi connectivity index (χ2n) is 6.40. The molecule has 1 aromatic carbocycles. The van der Waals surface area contributed by atoms with Gasteiger partial charge in [-0.2, -0.15) is 0 Å². The van der Waals surface area contributed by atoms with Crippen molar-refractivity contribution in [3.05, 3.63) is 35.1 Å². The lowest BCUT2D eigenvalue weighted by atomic mass is 9.88. The van der Waals surface area contributed by atoms with E-state index in [1.807, 2.05) is 6.07 Å². The lowest BCUT2D eigenvalue weighted by Gasteiger charge is -2.36. The minimum absolute atomic E-state index is 0.0841. The molecule has 2 amide bonds. The summed E-state index contributed by atoms with van der Waals surface area (Å²) in [6.45, 7) is 3.07. The number of rotatable bonds is 6. The number of ether oxygens (including phenoxy) is 2. The van der Waals surface area contributed by atoms with Gasteiger partial charge < -0.3 is 24.8 Å². The minimum atomic E-state index is -0.962. The van der Waals surface area contributed by atoms with E-state index in [9.17, 15) is 19.1 Å². The summed E-state index contributed by atoms with van der Waals surface area (Å²) in [5, 5.41) is 11.8. The van der Waals surface area contributed by atoms with Crippen LogP contribution in [0.2, 0.25) is 0 Å². The van der Waals surface area contributed by atoms with E-state index < -0.39 is 18.3 Å².